The summed E-state index contributed by atoms with van der Waals surface area (Å²) < 4.78 is 10.4. The molecule has 0 unspecified atom stereocenters. The number of nitrogens with zero attached hydrogens (tertiary/aromatic N) is 2. The van der Waals surface area contributed by atoms with Gasteiger partial charge in [-0.15, -0.1) is 0 Å². The summed E-state index contributed by atoms with van der Waals surface area (Å²) in [4.78, 5) is 14.8. The van der Waals surface area contributed by atoms with Crippen molar-refractivity contribution >= 4 is 11.4 Å². The van der Waals surface area contributed by atoms with Gasteiger partial charge in [0.2, 0.25) is 0 Å². The van der Waals surface area contributed by atoms with Crippen molar-refractivity contribution in [2.24, 2.45) is 0 Å². The Bertz CT molecular complexity index is 609. The van der Waals surface area contributed by atoms with Crippen molar-refractivity contribution in [1.82, 2.24) is 4.98 Å². The maximum Gasteiger partial charge on any atom is 0.333 e. The first kappa shape index (κ1) is 13.9. The minimum absolute atomic E-state index is 0.0736. The van der Waals surface area contributed by atoms with Gasteiger partial charge in [-0.1, -0.05) is 6.07 Å². The molecule has 2 rings (SSSR count). The lowest BCUT2D eigenvalue weighted by molar-refractivity contribution is -0.384. The number of ether oxygens (including phenoxy) is 1. The summed E-state index contributed by atoms with van der Waals surface area (Å²) in [5.74, 6) is 0.931. The molecule has 0 saturated heterocycles. The second-order valence-electron chi connectivity index (χ2n) is 4.05. The van der Waals surface area contributed by atoms with Crippen molar-refractivity contribution in [2.45, 2.75) is 20.4 Å². The van der Waals surface area contributed by atoms with Gasteiger partial charge in [0.15, 0.2) is 12.1 Å². The van der Waals surface area contributed by atoms with Gasteiger partial charge in [0.25, 0.3) is 0 Å². The molecule has 106 valence electrons. The Morgan fingerprint density at radius 1 is 1.50 bits per heavy atom. The average molecular weight is 277 g/mol. The molecule has 0 atom stereocenters. The van der Waals surface area contributed by atoms with Crippen molar-refractivity contribution in [3.05, 3.63) is 46.2 Å². The predicted octanol–water partition coefficient (Wildman–Crippen LogP) is 2.90. The van der Waals surface area contributed by atoms with E-state index in [1.54, 1.807) is 32.0 Å². The normalized spacial score (nSPS) is 10.3. The number of hydrogen-bond donors (Lipinski definition) is 1. The van der Waals surface area contributed by atoms with E-state index < -0.39 is 4.92 Å². The molecule has 1 aromatic carbocycles. The van der Waals surface area contributed by atoms with Crippen LogP contribution < -0.4 is 10.1 Å². The number of hydrogen-bond acceptors (Lipinski definition) is 6. The number of nitro groups is 1. The highest BCUT2D eigenvalue weighted by Crippen LogP contribution is 2.34. The summed E-state index contributed by atoms with van der Waals surface area (Å²) in [6.07, 6.45) is 1.34. The Balaban J connectivity index is 2.24. The van der Waals surface area contributed by atoms with Gasteiger partial charge < -0.3 is 14.5 Å². The predicted molar refractivity (Wildman–Crippen MR) is 72.8 cm³/mol. The molecule has 0 aliphatic carbocycles. The third-order valence-corrected chi connectivity index (χ3v) is 2.77. The summed E-state index contributed by atoms with van der Waals surface area (Å²) in [6, 6.07) is 4.92. The number of oxazole rings is 1. The molecule has 1 N–H and O–H groups in total. The molecular formula is C13H15N3O4. The van der Waals surface area contributed by atoms with Crippen LogP contribution in [0.25, 0.3) is 0 Å². The van der Waals surface area contributed by atoms with Crippen LogP contribution in [0, 0.1) is 17.0 Å². The lowest BCUT2D eigenvalue weighted by Gasteiger charge is -2.09. The second-order valence-corrected chi connectivity index (χ2v) is 4.05. The fourth-order valence-corrected chi connectivity index (χ4v) is 1.80. The summed E-state index contributed by atoms with van der Waals surface area (Å²) in [5, 5.41) is 14.2. The van der Waals surface area contributed by atoms with Gasteiger partial charge in [0.05, 0.1) is 18.1 Å². The Hall–Kier alpha value is -2.57. The first-order valence-corrected chi connectivity index (χ1v) is 6.16. The van der Waals surface area contributed by atoms with E-state index in [0.29, 0.717) is 30.3 Å². The highest BCUT2D eigenvalue weighted by Gasteiger charge is 2.21. The number of anilines is 1. The fourth-order valence-electron chi connectivity index (χ4n) is 1.80. The monoisotopic (exact) mass is 277 g/mol. The maximum absolute atomic E-state index is 11.2. The standard InChI is InChI=1S/C13H15N3O4/c1-3-19-12-6-4-5-10(13(12)16(17)18)14-7-11-9(2)20-8-15-11/h4-6,8,14H,3,7H2,1-2H3. The van der Waals surface area contributed by atoms with Crippen LogP contribution in [0.4, 0.5) is 11.4 Å². The van der Waals surface area contributed by atoms with Crippen LogP contribution in [0.2, 0.25) is 0 Å². The molecule has 7 nitrogen and oxygen atoms in total. The molecule has 1 aromatic heterocycles. The number of aryl methyl sites for hydroxylation is 1. The first-order valence-electron chi connectivity index (χ1n) is 6.16. The Morgan fingerprint density at radius 2 is 2.30 bits per heavy atom. The molecule has 0 amide bonds. The highest BCUT2D eigenvalue weighted by molar-refractivity contribution is 5.68. The van der Waals surface area contributed by atoms with Gasteiger partial charge in [-0.3, -0.25) is 10.1 Å². The van der Waals surface area contributed by atoms with Gasteiger partial charge in [0.1, 0.15) is 17.1 Å². The van der Waals surface area contributed by atoms with Crippen molar-refractivity contribution in [2.75, 3.05) is 11.9 Å². The number of para-hydroxylation sites is 1. The van der Waals surface area contributed by atoms with E-state index in [4.69, 9.17) is 9.15 Å². The maximum atomic E-state index is 11.2. The lowest BCUT2D eigenvalue weighted by atomic mass is 10.2. The van der Waals surface area contributed by atoms with E-state index >= 15 is 0 Å². The number of aromatic nitrogens is 1. The molecule has 0 aliphatic heterocycles. The molecule has 20 heavy (non-hydrogen) atoms. The fraction of sp³-hybridized carbons (Fsp3) is 0.308. The van der Waals surface area contributed by atoms with Gasteiger partial charge in [0, 0.05) is 0 Å². The number of nitro benzene ring substituents is 1. The summed E-state index contributed by atoms with van der Waals surface area (Å²) in [5.41, 5.74) is 1.03. The zero-order valence-corrected chi connectivity index (χ0v) is 11.3. The largest absolute Gasteiger partial charge is 0.487 e. The molecular weight excluding hydrogens is 262 g/mol. The topological polar surface area (TPSA) is 90.4 Å². The first-order chi connectivity index (χ1) is 9.63. The van der Waals surface area contributed by atoms with Gasteiger partial charge in [-0.25, -0.2) is 4.98 Å². The molecule has 0 radical (unpaired) electrons. The number of nitrogens with one attached hydrogen (secondary N) is 1. The van der Waals surface area contributed by atoms with E-state index in [-0.39, 0.29) is 11.4 Å². The number of rotatable bonds is 6. The van der Waals surface area contributed by atoms with Gasteiger partial charge in [-0.2, -0.15) is 0 Å². The molecule has 0 aliphatic rings. The van der Waals surface area contributed by atoms with Crippen LogP contribution >= 0.6 is 0 Å². The molecule has 1 heterocycles. The van der Waals surface area contributed by atoms with Gasteiger partial charge >= 0.3 is 5.69 Å². The zero-order valence-electron chi connectivity index (χ0n) is 11.3. The van der Waals surface area contributed by atoms with E-state index in [9.17, 15) is 10.1 Å². The summed E-state index contributed by atoms with van der Waals surface area (Å²) in [7, 11) is 0. The average Bonchev–Trinajstić information content (AvgIpc) is 2.82. The van der Waals surface area contributed by atoms with Crippen LogP contribution in [-0.4, -0.2) is 16.5 Å². The quantitative estimate of drug-likeness (QED) is 0.645. The van der Waals surface area contributed by atoms with E-state index in [0.717, 1.165) is 0 Å². The van der Waals surface area contributed by atoms with Crippen molar-refractivity contribution < 1.29 is 14.1 Å². The highest BCUT2D eigenvalue weighted by atomic mass is 16.6. The van der Waals surface area contributed by atoms with Gasteiger partial charge in [-0.05, 0) is 26.0 Å². The molecule has 0 spiro atoms. The van der Waals surface area contributed by atoms with Crippen LogP contribution in [0.15, 0.2) is 29.0 Å². The lowest BCUT2D eigenvalue weighted by Crippen LogP contribution is -2.05. The van der Waals surface area contributed by atoms with Crippen LogP contribution in [0.1, 0.15) is 18.4 Å². The minimum Gasteiger partial charge on any atom is -0.487 e. The Labute approximate surface area is 115 Å². The Morgan fingerprint density at radius 3 is 2.90 bits per heavy atom. The van der Waals surface area contributed by atoms with Crippen molar-refractivity contribution in [3.63, 3.8) is 0 Å². The molecule has 7 heteroatoms. The van der Waals surface area contributed by atoms with E-state index in [2.05, 4.69) is 10.3 Å². The molecule has 0 saturated carbocycles. The molecule has 0 bridgehead atoms. The minimum atomic E-state index is -0.455. The van der Waals surface area contributed by atoms with Crippen LogP contribution in [0.3, 0.4) is 0 Å². The SMILES string of the molecule is CCOc1cccc(NCc2ncoc2C)c1[N+](=O)[O-]. The van der Waals surface area contributed by atoms with Crippen molar-refractivity contribution in [1.29, 1.82) is 0 Å². The third kappa shape index (κ3) is 2.87. The van der Waals surface area contributed by atoms with E-state index in [1.165, 1.54) is 6.39 Å². The van der Waals surface area contributed by atoms with E-state index in [1.807, 2.05) is 0 Å². The second kappa shape index (κ2) is 6.05. The molecule has 2 aromatic rings. The van der Waals surface area contributed by atoms with Crippen molar-refractivity contribution in [3.8, 4) is 5.75 Å². The van der Waals surface area contributed by atoms with Crippen LogP contribution in [-0.2, 0) is 6.54 Å². The molecule has 0 fully saturated rings. The zero-order chi connectivity index (χ0) is 14.5. The Kier molecular flexibility index (Phi) is 4.19. The number of benzene rings is 1. The third-order valence-electron chi connectivity index (χ3n) is 2.77. The van der Waals surface area contributed by atoms with Crippen LogP contribution in [0.5, 0.6) is 5.75 Å². The smallest absolute Gasteiger partial charge is 0.333 e. The summed E-state index contributed by atoms with van der Waals surface area (Å²) >= 11 is 0. The summed E-state index contributed by atoms with van der Waals surface area (Å²) in [6.45, 7) is 4.28.